The molecular formula is C24H21BrN2O5S. The van der Waals surface area contributed by atoms with E-state index in [1.807, 2.05) is 26.0 Å². The maximum atomic E-state index is 12.8. The van der Waals surface area contributed by atoms with E-state index in [4.69, 9.17) is 15.9 Å². The Kier molecular flexibility index (Phi) is 7.84. The summed E-state index contributed by atoms with van der Waals surface area (Å²) in [5.74, 6) is 2.24. The number of imide groups is 1. The number of benzene rings is 2. The normalized spacial score (nSPS) is 14.4. The van der Waals surface area contributed by atoms with E-state index >= 15 is 0 Å². The van der Waals surface area contributed by atoms with Crippen molar-refractivity contribution in [3.63, 3.8) is 0 Å². The Morgan fingerprint density at radius 2 is 1.97 bits per heavy atom. The number of hydrogen-bond donors (Lipinski definition) is 1. The molecule has 0 aliphatic carbocycles. The van der Waals surface area contributed by atoms with Crippen molar-refractivity contribution < 1.29 is 23.9 Å². The zero-order chi connectivity index (χ0) is 24.1. The molecule has 1 aliphatic heterocycles. The van der Waals surface area contributed by atoms with Gasteiger partial charge >= 0.3 is 0 Å². The van der Waals surface area contributed by atoms with Gasteiger partial charge in [0, 0.05) is 10.2 Å². The van der Waals surface area contributed by atoms with Gasteiger partial charge in [0.15, 0.2) is 11.5 Å². The molecule has 33 heavy (non-hydrogen) atoms. The van der Waals surface area contributed by atoms with Crippen LogP contribution in [0.3, 0.4) is 0 Å². The van der Waals surface area contributed by atoms with Crippen LogP contribution in [0.25, 0.3) is 6.08 Å². The quantitative estimate of drug-likeness (QED) is 0.411. The zero-order valence-corrected chi connectivity index (χ0v) is 20.6. The molecule has 1 aliphatic rings. The third-order valence-electron chi connectivity index (χ3n) is 4.85. The Morgan fingerprint density at radius 1 is 1.21 bits per heavy atom. The van der Waals surface area contributed by atoms with E-state index in [1.165, 1.54) is 7.11 Å². The molecule has 7 nitrogen and oxygen atoms in total. The number of ether oxygens (including phenoxy) is 2. The molecule has 170 valence electrons. The fourth-order valence-electron chi connectivity index (χ4n) is 2.99. The number of anilines is 1. The molecule has 0 unspecified atom stereocenters. The highest BCUT2D eigenvalue weighted by molar-refractivity contribution is 9.10. The number of nitrogens with one attached hydrogen (secondary N) is 1. The number of halogens is 1. The van der Waals surface area contributed by atoms with Crippen LogP contribution in [0.15, 0.2) is 39.7 Å². The Hall–Kier alpha value is -3.22. The number of carbonyl (C=O) groups is 3. The molecule has 9 heteroatoms. The fourth-order valence-corrected chi connectivity index (χ4v) is 4.26. The lowest BCUT2D eigenvalue weighted by molar-refractivity contribution is -0.127. The van der Waals surface area contributed by atoms with Gasteiger partial charge in [-0.25, -0.2) is 0 Å². The predicted molar refractivity (Wildman–Crippen MR) is 132 cm³/mol. The summed E-state index contributed by atoms with van der Waals surface area (Å²) in [6.07, 6.45) is 6.79. The lowest BCUT2D eigenvalue weighted by atomic mass is 10.1. The summed E-state index contributed by atoms with van der Waals surface area (Å²) < 4.78 is 11.4. The van der Waals surface area contributed by atoms with Crippen molar-refractivity contribution in [1.82, 2.24) is 4.90 Å². The number of amides is 3. The molecule has 0 atom stereocenters. The van der Waals surface area contributed by atoms with Crippen LogP contribution < -0.4 is 14.8 Å². The van der Waals surface area contributed by atoms with Gasteiger partial charge in [0.1, 0.15) is 13.2 Å². The van der Waals surface area contributed by atoms with Crippen molar-refractivity contribution >= 4 is 56.5 Å². The third kappa shape index (κ3) is 5.78. The SMILES string of the molecule is C#CCOc1cc(Br)c(/C=C2/SC(=O)N(CC(=O)Nc3ccc(C)c(C)c3)C2=O)cc1OC. The number of carbonyl (C=O) groups excluding carboxylic acids is 3. The molecule has 1 fully saturated rings. The van der Waals surface area contributed by atoms with E-state index in [9.17, 15) is 14.4 Å². The van der Waals surface area contributed by atoms with Crippen LogP contribution >= 0.6 is 27.7 Å². The van der Waals surface area contributed by atoms with E-state index < -0.39 is 17.1 Å². The van der Waals surface area contributed by atoms with Crippen molar-refractivity contribution in [1.29, 1.82) is 0 Å². The standard InChI is InChI=1S/C24H21BrN2O5S/c1-5-8-32-20-12-18(25)16(10-19(20)31-4)11-21-23(29)27(24(30)33-21)13-22(28)26-17-7-6-14(2)15(3)9-17/h1,6-7,9-12H,8,13H2,2-4H3,(H,26,28)/b21-11+. The zero-order valence-electron chi connectivity index (χ0n) is 18.2. The molecule has 3 rings (SSSR count). The van der Waals surface area contributed by atoms with E-state index in [-0.39, 0.29) is 18.1 Å². The maximum Gasteiger partial charge on any atom is 0.294 e. The average molecular weight is 529 g/mol. The third-order valence-corrected chi connectivity index (χ3v) is 6.44. The molecular weight excluding hydrogens is 508 g/mol. The summed E-state index contributed by atoms with van der Waals surface area (Å²) in [4.78, 5) is 38.8. The van der Waals surface area contributed by atoms with Crippen molar-refractivity contribution in [2.24, 2.45) is 0 Å². The first-order chi connectivity index (χ1) is 15.7. The fraction of sp³-hybridized carbons (Fsp3) is 0.208. The summed E-state index contributed by atoms with van der Waals surface area (Å²) in [5, 5.41) is 2.21. The van der Waals surface area contributed by atoms with Crippen LogP contribution in [-0.2, 0) is 9.59 Å². The molecule has 3 amide bonds. The first-order valence-corrected chi connectivity index (χ1v) is 11.4. The Morgan fingerprint density at radius 3 is 2.64 bits per heavy atom. The molecule has 1 saturated heterocycles. The number of nitrogens with zero attached hydrogens (tertiary/aromatic N) is 1. The van der Waals surface area contributed by atoms with Crippen molar-refractivity contribution in [3.8, 4) is 23.8 Å². The van der Waals surface area contributed by atoms with Gasteiger partial charge in [-0.3, -0.25) is 19.3 Å². The van der Waals surface area contributed by atoms with Crippen molar-refractivity contribution in [2.45, 2.75) is 13.8 Å². The number of aryl methyl sites for hydroxylation is 2. The lowest BCUT2D eigenvalue weighted by Gasteiger charge is -2.13. The van der Waals surface area contributed by atoms with Crippen LogP contribution in [0, 0.1) is 26.2 Å². The maximum absolute atomic E-state index is 12.8. The van der Waals surface area contributed by atoms with Gasteiger partial charge in [-0.2, -0.15) is 0 Å². The van der Waals surface area contributed by atoms with E-state index in [1.54, 1.807) is 24.3 Å². The van der Waals surface area contributed by atoms with Crippen molar-refractivity contribution in [3.05, 3.63) is 56.4 Å². The summed E-state index contributed by atoms with van der Waals surface area (Å²) in [6, 6.07) is 8.83. The summed E-state index contributed by atoms with van der Waals surface area (Å²) in [5.41, 5.74) is 3.33. The number of methoxy groups -OCH3 is 1. The lowest BCUT2D eigenvalue weighted by Crippen LogP contribution is -2.36. The number of thioether (sulfide) groups is 1. The summed E-state index contributed by atoms with van der Waals surface area (Å²) in [6.45, 7) is 3.61. The molecule has 0 spiro atoms. The van der Waals surface area contributed by atoms with E-state index in [2.05, 4.69) is 27.2 Å². The molecule has 1 heterocycles. The Labute approximate surface area is 204 Å². The number of rotatable bonds is 7. The summed E-state index contributed by atoms with van der Waals surface area (Å²) in [7, 11) is 1.48. The minimum Gasteiger partial charge on any atom is -0.493 e. The first-order valence-electron chi connectivity index (χ1n) is 9.79. The summed E-state index contributed by atoms with van der Waals surface area (Å²) >= 11 is 4.20. The Balaban J connectivity index is 1.76. The predicted octanol–water partition coefficient (Wildman–Crippen LogP) is 4.76. The first kappa shape index (κ1) is 24.4. The van der Waals surface area contributed by atoms with Gasteiger partial charge in [0.25, 0.3) is 11.1 Å². The van der Waals surface area contributed by atoms with Crippen LogP contribution in [-0.4, -0.2) is 42.2 Å². The van der Waals surface area contributed by atoms with Gasteiger partial charge in [-0.15, -0.1) is 6.42 Å². The largest absolute Gasteiger partial charge is 0.493 e. The van der Waals surface area contributed by atoms with Gasteiger partial charge in [-0.05, 0) is 72.6 Å². The number of terminal acetylenes is 1. The average Bonchev–Trinajstić information content (AvgIpc) is 3.03. The second-order valence-electron chi connectivity index (χ2n) is 7.13. The second-order valence-corrected chi connectivity index (χ2v) is 8.98. The highest BCUT2D eigenvalue weighted by Gasteiger charge is 2.36. The molecule has 0 aromatic heterocycles. The molecule has 0 bridgehead atoms. The Bertz CT molecular complexity index is 1200. The topological polar surface area (TPSA) is 84.9 Å². The monoisotopic (exact) mass is 528 g/mol. The van der Waals surface area contributed by atoms with Gasteiger partial charge in [-0.1, -0.05) is 27.9 Å². The van der Waals surface area contributed by atoms with Gasteiger partial charge in [0.2, 0.25) is 5.91 Å². The van der Waals surface area contributed by atoms with Crippen molar-refractivity contribution in [2.75, 3.05) is 25.6 Å². The molecule has 0 saturated carbocycles. The van der Waals surface area contributed by atoms with Crippen LogP contribution in [0.5, 0.6) is 11.5 Å². The highest BCUT2D eigenvalue weighted by Crippen LogP contribution is 2.38. The molecule has 1 N–H and O–H groups in total. The highest BCUT2D eigenvalue weighted by atomic mass is 79.9. The minimum atomic E-state index is -0.543. The minimum absolute atomic E-state index is 0.0747. The number of hydrogen-bond acceptors (Lipinski definition) is 6. The molecule has 0 radical (unpaired) electrons. The molecule has 2 aromatic rings. The second kappa shape index (κ2) is 10.6. The molecule has 2 aromatic carbocycles. The van der Waals surface area contributed by atoms with E-state index in [0.29, 0.717) is 27.2 Å². The van der Waals surface area contributed by atoms with Crippen LogP contribution in [0.4, 0.5) is 10.5 Å². The van der Waals surface area contributed by atoms with Gasteiger partial charge in [0.05, 0.1) is 12.0 Å². The van der Waals surface area contributed by atoms with E-state index in [0.717, 1.165) is 27.8 Å². The smallest absolute Gasteiger partial charge is 0.294 e. The van der Waals surface area contributed by atoms with Gasteiger partial charge < -0.3 is 14.8 Å². The van der Waals surface area contributed by atoms with Crippen LogP contribution in [0.2, 0.25) is 0 Å². The van der Waals surface area contributed by atoms with Crippen LogP contribution in [0.1, 0.15) is 16.7 Å².